The second-order valence-electron chi connectivity index (χ2n) is 7.94. The zero-order valence-electron chi connectivity index (χ0n) is 18.3. The van der Waals surface area contributed by atoms with Crippen molar-refractivity contribution in [3.05, 3.63) is 85.0 Å². The van der Waals surface area contributed by atoms with Crippen LogP contribution in [0.5, 0.6) is 0 Å². The molecule has 0 aliphatic carbocycles. The monoisotopic (exact) mass is 580 g/mol. The van der Waals surface area contributed by atoms with Gasteiger partial charge in [-0.2, -0.15) is 4.31 Å². The minimum absolute atomic E-state index is 0.0110. The van der Waals surface area contributed by atoms with E-state index >= 15 is 0 Å². The zero-order chi connectivity index (χ0) is 25.2. The summed E-state index contributed by atoms with van der Waals surface area (Å²) >= 11 is 19.0. The van der Waals surface area contributed by atoms with E-state index in [0.29, 0.717) is 29.0 Å². The van der Waals surface area contributed by atoms with Crippen molar-refractivity contribution in [2.24, 2.45) is 0 Å². The Morgan fingerprint density at radius 1 is 0.971 bits per heavy atom. The number of hydrogen-bond acceptors (Lipinski definition) is 5. The Morgan fingerprint density at radius 2 is 1.60 bits per heavy atom. The van der Waals surface area contributed by atoms with Crippen molar-refractivity contribution in [1.82, 2.24) is 9.21 Å². The summed E-state index contributed by atoms with van der Waals surface area (Å²) in [5, 5.41) is 0.554. The van der Waals surface area contributed by atoms with Crippen molar-refractivity contribution >= 4 is 56.2 Å². The first-order valence-electron chi connectivity index (χ1n) is 10.6. The maximum Gasteiger partial charge on any atom is 0.245 e. The maximum atomic E-state index is 14.1. The second kappa shape index (κ2) is 11.4. The predicted molar refractivity (Wildman–Crippen MR) is 135 cm³/mol. The van der Waals surface area contributed by atoms with Crippen LogP contribution in [0.1, 0.15) is 17.2 Å². The molecule has 1 aromatic heterocycles. The number of rotatable bonds is 8. The number of sulfonamides is 1. The smallest absolute Gasteiger partial charge is 0.245 e. The van der Waals surface area contributed by atoms with E-state index in [1.807, 2.05) is 4.90 Å². The fourth-order valence-corrected chi connectivity index (χ4v) is 7.47. The van der Waals surface area contributed by atoms with E-state index in [1.165, 1.54) is 28.6 Å². The molecule has 3 aromatic rings. The van der Waals surface area contributed by atoms with Gasteiger partial charge in [0.15, 0.2) is 0 Å². The molecule has 1 fully saturated rings. The van der Waals surface area contributed by atoms with Gasteiger partial charge in [-0.15, -0.1) is 11.3 Å². The third-order valence-electron chi connectivity index (χ3n) is 5.73. The van der Waals surface area contributed by atoms with Gasteiger partial charge in [-0.3, -0.25) is 4.90 Å². The molecule has 0 bridgehead atoms. The molecule has 0 unspecified atom stereocenters. The van der Waals surface area contributed by atoms with Gasteiger partial charge in [0.25, 0.3) is 0 Å². The first-order chi connectivity index (χ1) is 16.6. The van der Waals surface area contributed by atoms with E-state index in [2.05, 4.69) is 0 Å². The molecule has 1 saturated heterocycles. The van der Waals surface area contributed by atoms with Crippen molar-refractivity contribution in [1.29, 1.82) is 0 Å². The highest BCUT2D eigenvalue weighted by atomic mass is 35.5. The molecule has 1 aliphatic rings. The largest absolute Gasteiger partial charge is 0.367 e. The van der Waals surface area contributed by atoms with Crippen molar-refractivity contribution in [3.63, 3.8) is 0 Å². The molecule has 0 amide bonds. The molecule has 12 heteroatoms. The third kappa shape index (κ3) is 6.34. The molecule has 0 N–H and O–H groups in total. The summed E-state index contributed by atoms with van der Waals surface area (Å²) in [5.41, 5.74) is 0.648. The Labute approximate surface area is 221 Å². The highest BCUT2D eigenvalue weighted by Gasteiger charge is 2.32. The van der Waals surface area contributed by atoms with E-state index in [4.69, 9.17) is 39.5 Å². The number of halogens is 5. The summed E-state index contributed by atoms with van der Waals surface area (Å²) in [4.78, 5) is 2.06. The Bertz CT molecular complexity index is 1260. The average molecular weight is 582 g/mol. The van der Waals surface area contributed by atoms with Crippen molar-refractivity contribution in [3.8, 4) is 0 Å². The highest BCUT2D eigenvalue weighted by Crippen LogP contribution is 2.36. The topological polar surface area (TPSA) is 49.9 Å². The molecule has 2 aromatic carbocycles. The number of thiophene rings is 1. The van der Waals surface area contributed by atoms with Gasteiger partial charge >= 0.3 is 0 Å². The third-order valence-corrected chi connectivity index (χ3v) is 9.63. The van der Waals surface area contributed by atoms with Crippen molar-refractivity contribution < 1.29 is 21.9 Å². The standard InChI is InChI=1S/C23H21Cl3F2N2O3S2/c24-16-6-4-15(5-7-16)20(33-14-17-18(27)2-1-3-19(17)28)13-29-8-10-30(11-9-29)35(31,32)21-12-22(25)34-23(21)26/h1-7,12,20H,8-11,13-14H2/t20-/m1/s1. The summed E-state index contributed by atoms with van der Waals surface area (Å²) in [6.45, 7) is 1.53. The van der Waals surface area contributed by atoms with Gasteiger partial charge in [0.2, 0.25) is 10.0 Å². The molecule has 1 atom stereocenters. The van der Waals surface area contributed by atoms with Gasteiger partial charge in [-0.1, -0.05) is 53.0 Å². The van der Waals surface area contributed by atoms with Crippen LogP contribution in [0.3, 0.4) is 0 Å². The van der Waals surface area contributed by atoms with Gasteiger partial charge < -0.3 is 4.74 Å². The molecule has 0 spiro atoms. The fourth-order valence-electron chi connectivity index (χ4n) is 3.81. The quantitative estimate of drug-likeness (QED) is 0.316. The summed E-state index contributed by atoms with van der Waals surface area (Å²) in [5.74, 6) is -1.35. The summed E-state index contributed by atoms with van der Waals surface area (Å²) in [6, 6.07) is 12.1. The molecule has 35 heavy (non-hydrogen) atoms. The number of nitrogens with zero attached hydrogens (tertiary/aromatic N) is 2. The summed E-state index contributed by atoms with van der Waals surface area (Å²) < 4.78 is 62.0. The molecule has 0 saturated carbocycles. The lowest BCUT2D eigenvalue weighted by molar-refractivity contribution is 0.00547. The molecule has 1 aliphatic heterocycles. The Kier molecular flexibility index (Phi) is 8.71. The van der Waals surface area contributed by atoms with E-state index in [9.17, 15) is 17.2 Å². The Morgan fingerprint density at radius 3 is 2.17 bits per heavy atom. The Hall–Kier alpha value is -1.30. The number of benzene rings is 2. The van der Waals surface area contributed by atoms with Crippen LogP contribution in [0.4, 0.5) is 8.78 Å². The normalized spacial score (nSPS) is 16.5. The number of hydrogen-bond donors (Lipinski definition) is 0. The summed E-state index contributed by atoms with van der Waals surface area (Å²) in [7, 11) is -3.77. The number of ether oxygens (including phenoxy) is 1. The summed E-state index contributed by atoms with van der Waals surface area (Å²) in [6.07, 6.45) is -0.514. The molecule has 188 valence electrons. The van der Waals surface area contributed by atoms with Crippen LogP contribution in [0.15, 0.2) is 53.4 Å². The highest BCUT2D eigenvalue weighted by molar-refractivity contribution is 7.89. The lowest BCUT2D eigenvalue weighted by atomic mass is 10.1. The van der Waals surface area contributed by atoms with Gasteiger partial charge in [-0.25, -0.2) is 17.2 Å². The van der Waals surface area contributed by atoms with E-state index < -0.39 is 27.8 Å². The molecule has 4 rings (SSSR count). The van der Waals surface area contributed by atoms with Crippen molar-refractivity contribution in [2.45, 2.75) is 17.6 Å². The van der Waals surface area contributed by atoms with Crippen LogP contribution >= 0.6 is 46.1 Å². The Balaban J connectivity index is 1.45. The van der Waals surface area contributed by atoms with Gasteiger partial charge in [-0.05, 0) is 35.9 Å². The van der Waals surface area contributed by atoms with E-state index in [1.54, 1.807) is 24.3 Å². The molecule has 0 radical (unpaired) electrons. The second-order valence-corrected chi connectivity index (χ2v) is 12.6. The van der Waals surface area contributed by atoms with Crippen LogP contribution in [-0.2, 0) is 21.4 Å². The van der Waals surface area contributed by atoms with E-state index in [0.717, 1.165) is 16.9 Å². The minimum Gasteiger partial charge on any atom is -0.367 e. The first-order valence-corrected chi connectivity index (χ1v) is 14.0. The predicted octanol–water partition coefficient (Wildman–Crippen LogP) is 6.25. The van der Waals surface area contributed by atoms with Crippen LogP contribution in [0.25, 0.3) is 0 Å². The zero-order valence-corrected chi connectivity index (χ0v) is 22.2. The molecule has 2 heterocycles. The average Bonchev–Trinajstić information content (AvgIpc) is 3.17. The lowest BCUT2D eigenvalue weighted by Crippen LogP contribution is -2.49. The molecule has 5 nitrogen and oxygen atoms in total. The van der Waals surface area contributed by atoms with Gasteiger partial charge in [0.05, 0.1) is 17.0 Å². The van der Waals surface area contributed by atoms with Crippen LogP contribution in [0, 0.1) is 11.6 Å². The van der Waals surface area contributed by atoms with Gasteiger partial charge in [0.1, 0.15) is 20.9 Å². The number of piperazine rings is 1. The lowest BCUT2D eigenvalue weighted by Gasteiger charge is -2.35. The van der Waals surface area contributed by atoms with Crippen molar-refractivity contribution in [2.75, 3.05) is 32.7 Å². The van der Waals surface area contributed by atoms with Gasteiger partial charge in [0, 0.05) is 43.3 Å². The SMILES string of the molecule is O=S(=O)(c1cc(Cl)sc1Cl)N1CCN(C[C@@H](OCc2c(F)cccc2F)c2ccc(Cl)cc2)CC1. The first kappa shape index (κ1) is 26.8. The minimum atomic E-state index is -3.77. The fraction of sp³-hybridized carbons (Fsp3) is 0.304. The van der Waals surface area contributed by atoms with Crippen LogP contribution in [0.2, 0.25) is 13.7 Å². The molecular formula is C23H21Cl3F2N2O3S2. The van der Waals surface area contributed by atoms with Crippen LogP contribution in [-0.4, -0.2) is 50.3 Å². The van der Waals surface area contributed by atoms with E-state index in [-0.39, 0.29) is 34.5 Å². The maximum absolute atomic E-state index is 14.1. The molecular weight excluding hydrogens is 561 g/mol. The van der Waals surface area contributed by atoms with Crippen LogP contribution < -0.4 is 0 Å².